The second kappa shape index (κ2) is 5.93. The summed E-state index contributed by atoms with van der Waals surface area (Å²) < 4.78 is 0. The zero-order valence-corrected chi connectivity index (χ0v) is 13.5. The van der Waals surface area contributed by atoms with Crippen molar-refractivity contribution in [2.45, 2.75) is 32.4 Å². The minimum absolute atomic E-state index is 0.161. The van der Waals surface area contributed by atoms with Gasteiger partial charge in [-0.15, -0.1) is 0 Å². The molecule has 0 aliphatic heterocycles. The number of pyridine rings is 1. The normalized spacial score (nSPS) is 13.0. The van der Waals surface area contributed by atoms with E-state index in [1.807, 2.05) is 43.3 Å². The molecule has 0 radical (unpaired) electrons. The molecule has 5 heteroatoms. The Bertz CT molecular complexity index is 812. The third-order valence-electron chi connectivity index (χ3n) is 3.95. The fourth-order valence-corrected chi connectivity index (χ4v) is 2.20. The van der Waals surface area contributed by atoms with Crippen LogP contribution in [0.2, 0.25) is 0 Å². The van der Waals surface area contributed by atoms with Crippen molar-refractivity contribution in [2.24, 2.45) is 0 Å². The van der Waals surface area contributed by atoms with Gasteiger partial charge in [0.1, 0.15) is 5.82 Å². The van der Waals surface area contributed by atoms with Crippen LogP contribution in [0.15, 0.2) is 48.8 Å². The van der Waals surface area contributed by atoms with E-state index in [1.165, 1.54) is 0 Å². The van der Waals surface area contributed by atoms with Crippen LogP contribution in [0.3, 0.4) is 0 Å². The van der Waals surface area contributed by atoms with Crippen LogP contribution in [0.25, 0.3) is 22.3 Å². The fraction of sp³-hybridized carbons (Fsp3) is 0.278. The van der Waals surface area contributed by atoms with Gasteiger partial charge in [0.15, 0.2) is 5.82 Å². The first-order valence-corrected chi connectivity index (χ1v) is 7.61. The Morgan fingerprint density at radius 3 is 2.43 bits per heavy atom. The molecule has 0 spiro atoms. The number of para-hydroxylation sites is 1. The fourth-order valence-electron chi connectivity index (χ4n) is 2.20. The molecule has 3 aromatic rings. The molecule has 5 nitrogen and oxygen atoms in total. The van der Waals surface area contributed by atoms with E-state index in [9.17, 15) is 5.11 Å². The van der Waals surface area contributed by atoms with E-state index < -0.39 is 5.60 Å². The van der Waals surface area contributed by atoms with Gasteiger partial charge in [0, 0.05) is 23.3 Å². The molecule has 1 atom stereocenters. The molecule has 2 aromatic heterocycles. The highest BCUT2D eigenvalue weighted by Crippen LogP contribution is 2.26. The largest absolute Gasteiger partial charge is 0.388 e. The Kier molecular flexibility index (Phi) is 3.96. The highest BCUT2D eigenvalue weighted by molar-refractivity contribution is 5.90. The van der Waals surface area contributed by atoms with Gasteiger partial charge in [0.25, 0.3) is 0 Å². The lowest BCUT2D eigenvalue weighted by molar-refractivity contribution is 0.0648. The second-order valence-electron chi connectivity index (χ2n) is 6.17. The Hall–Kier alpha value is -2.53. The molecule has 2 N–H and O–H groups in total. The maximum absolute atomic E-state index is 10.2. The van der Waals surface area contributed by atoms with Crippen LogP contribution >= 0.6 is 0 Å². The van der Waals surface area contributed by atoms with Gasteiger partial charge in [-0.25, -0.2) is 9.97 Å². The standard InChI is InChI=1S/C18H20N4O/c1-12(18(2,3)23)20-17-14-6-4-5-7-15(14)21-16(22-17)13-8-10-19-11-9-13/h4-12,23H,1-3H3,(H,20,21,22)/t12-/m0/s1. The lowest BCUT2D eigenvalue weighted by atomic mass is 10.0. The summed E-state index contributed by atoms with van der Waals surface area (Å²) in [5.74, 6) is 1.36. The molecule has 0 saturated heterocycles. The Morgan fingerprint density at radius 2 is 1.74 bits per heavy atom. The van der Waals surface area contributed by atoms with Crippen LogP contribution in [0, 0.1) is 0 Å². The van der Waals surface area contributed by atoms with Crippen LogP contribution in [0.4, 0.5) is 5.82 Å². The van der Waals surface area contributed by atoms with Gasteiger partial charge >= 0.3 is 0 Å². The molecule has 0 aliphatic rings. The third-order valence-corrected chi connectivity index (χ3v) is 3.95. The van der Waals surface area contributed by atoms with E-state index in [2.05, 4.69) is 20.3 Å². The smallest absolute Gasteiger partial charge is 0.162 e. The Balaban J connectivity index is 2.12. The van der Waals surface area contributed by atoms with Gasteiger partial charge in [-0.2, -0.15) is 0 Å². The number of nitrogens with one attached hydrogen (secondary N) is 1. The molecule has 1 aromatic carbocycles. The molecule has 0 amide bonds. The number of aromatic nitrogens is 3. The van der Waals surface area contributed by atoms with Gasteiger partial charge in [0.05, 0.1) is 17.2 Å². The molecule has 0 bridgehead atoms. The Morgan fingerprint density at radius 1 is 1.04 bits per heavy atom. The number of benzene rings is 1. The average molecular weight is 308 g/mol. The van der Waals surface area contributed by atoms with Crippen molar-refractivity contribution >= 4 is 16.7 Å². The molecule has 0 fully saturated rings. The summed E-state index contributed by atoms with van der Waals surface area (Å²) in [5.41, 5.74) is 0.910. The van der Waals surface area contributed by atoms with E-state index in [4.69, 9.17) is 0 Å². The summed E-state index contributed by atoms with van der Waals surface area (Å²) in [4.78, 5) is 13.3. The topological polar surface area (TPSA) is 70.9 Å². The van der Waals surface area contributed by atoms with Crippen molar-refractivity contribution in [1.29, 1.82) is 0 Å². The van der Waals surface area contributed by atoms with Crippen LogP contribution < -0.4 is 5.32 Å². The second-order valence-corrected chi connectivity index (χ2v) is 6.17. The number of nitrogens with zero attached hydrogens (tertiary/aromatic N) is 3. The summed E-state index contributed by atoms with van der Waals surface area (Å²) in [6.07, 6.45) is 3.45. The molecule has 0 aliphatic carbocycles. The maximum Gasteiger partial charge on any atom is 0.162 e. The van der Waals surface area contributed by atoms with Gasteiger partial charge in [-0.05, 0) is 45.0 Å². The van der Waals surface area contributed by atoms with Gasteiger partial charge in [-0.1, -0.05) is 12.1 Å². The lowest BCUT2D eigenvalue weighted by Crippen LogP contribution is -2.39. The highest BCUT2D eigenvalue weighted by Gasteiger charge is 2.23. The zero-order chi connectivity index (χ0) is 16.4. The number of rotatable bonds is 4. The van der Waals surface area contributed by atoms with Crippen molar-refractivity contribution in [3.05, 3.63) is 48.8 Å². The van der Waals surface area contributed by atoms with Crippen LogP contribution in [-0.2, 0) is 0 Å². The van der Waals surface area contributed by atoms with E-state index in [-0.39, 0.29) is 6.04 Å². The number of hydrogen-bond acceptors (Lipinski definition) is 5. The molecule has 2 heterocycles. The molecule has 0 saturated carbocycles. The summed E-state index contributed by atoms with van der Waals surface area (Å²) in [6.45, 7) is 5.48. The minimum Gasteiger partial charge on any atom is -0.388 e. The van der Waals surface area contributed by atoms with Crippen molar-refractivity contribution in [2.75, 3.05) is 5.32 Å². The predicted molar refractivity (Wildman–Crippen MR) is 92.2 cm³/mol. The molecular formula is C18H20N4O. The van der Waals surface area contributed by atoms with Crippen molar-refractivity contribution in [1.82, 2.24) is 15.0 Å². The number of anilines is 1. The first kappa shape index (κ1) is 15.4. The zero-order valence-electron chi connectivity index (χ0n) is 13.5. The molecule has 0 unspecified atom stereocenters. The van der Waals surface area contributed by atoms with Crippen molar-refractivity contribution < 1.29 is 5.11 Å². The van der Waals surface area contributed by atoms with Crippen LogP contribution in [0.5, 0.6) is 0 Å². The molecule has 3 rings (SSSR count). The minimum atomic E-state index is -0.858. The molecular weight excluding hydrogens is 288 g/mol. The third kappa shape index (κ3) is 3.29. The number of fused-ring (bicyclic) bond motifs is 1. The highest BCUT2D eigenvalue weighted by atomic mass is 16.3. The maximum atomic E-state index is 10.2. The average Bonchev–Trinajstić information content (AvgIpc) is 2.54. The predicted octanol–water partition coefficient (Wildman–Crippen LogP) is 3.26. The molecule has 118 valence electrons. The van der Waals surface area contributed by atoms with Gasteiger partial charge < -0.3 is 10.4 Å². The number of hydrogen-bond donors (Lipinski definition) is 2. The summed E-state index contributed by atoms with van der Waals surface area (Å²) in [5, 5.41) is 14.4. The summed E-state index contributed by atoms with van der Waals surface area (Å²) in [6, 6.07) is 11.4. The van der Waals surface area contributed by atoms with Crippen LogP contribution in [-0.4, -0.2) is 31.7 Å². The van der Waals surface area contributed by atoms with E-state index in [0.717, 1.165) is 22.3 Å². The first-order valence-electron chi connectivity index (χ1n) is 7.61. The first-order chi connectivity index (χ1) is 10.9. The summed E-state index contributed by atoms with van der Waals surface area (Å²) in [7, 11) is 0. The van der Waals surface area contributed by atoms with Crippen molar-refractivity contribution in [3.8, 4) is 11.4 Å². The van der Waals surface area contributed by atoms with E-state index in [0.29, 0.717) is 5.82 Å². The number of aliphatic hydroxyl groups is 1. The van der Waals surface area contributed by atoms with E-state index in [1.54, 1.807) is 26.2 Å². The summed E-state index contributed by atoms with van der Waals surface area (Å²) >= 11 is 0. The van der Waals surface area contributed by atoms with Gasteiger partial charge in [0.2, 0.25) is 0 Å². The Labute approximate surface area is 135 Å². The lowest BCUT2D eigenvalue weighted by Gasteiger charge is -2.27. The van der Waals surface area contributed by atoms with E-state index >= 15 is 0 Å². The SMILES string of the molecule is C[C@H](Nc1nc(-c2ccncc2)nc2ccccc12)C(C)(C)O. The quantitative estimate of drug-likeness (QED) is 0.774. The monoisotopic (exact) mass is 308 g/mol. The van der Waals surface area contributed by atoms with Crippen molar-refractivity contribution in [3.63, 3.8) is 0 Å². The van der Waals surface area contributed by atoms with Gasteiger partial charge in [-0.3, -0.25) is 4.98 Å². The molecule has 23 heavy (non-hydrogen) atoms. The van der Waals surface area contributed by atoms with Crippen LogP contribution in [0.1, 0.15) is 20.8 Å².